The number of aromatic nitrogens is 3. The van der Waals surface area contributed by atoms with Crippen LogP contribution >= 0.6 is 11.3 Å². The molecule has 10 heteroatoms. The van der Waals surface area contributed by atoms with Gasteiger partial charge in [0.2, 0.25) is 0 Å². The molecule has 0 aliphatic rings. The summed E-state index contributed by atoms with van der Waals surface area (Å²) in [5.41, 5.74) is 4.52. The number of carbonyl (C=O) groups excluding carboxylic acids is 3. The van der Waals surface area contributed by atoms with E-state index < -0.39 is 5.97 Å². The number of thiazole rings is 1. The Balaban J connectivity index is 1.73. The van der Waals surface area contributed by atoms with E-state index in [0.717, 1.165) is 34.0 Å². The van der Waals surface area contributed by atoms with Crippen LogP contribution in [0, 0.1) is 20.8 Å². The molecule has 2 aromatic heterocycles. The van der Waals surface area contributed by atoms with Gasteiger partial charge in [-0.1, -0.05) is 11.3 Å². The minimum atomic E-state index is -0.451. The summed E-state index contributed by atoms with van der Waals surface area (Å²) in [7, 11) is 1.37. The van der Waals surface area contributed by atoms with Gasteiger partial charge in [0, 0.05) is 17.7 Å². The van der Waals surface area contributed by atoms with Gasteiger partial charge in [-0.3, -0.25) is 14.9 Å². The predicted molar refractivity (Wildman–Crippen MR) is 124 cm³/mol. The smallest absolute Gasteiger partial charge is 0.350 e. The topological polar surface area (TPSA) is 112 Å². The van der Waals surface area contributed by atoms with Crippen molar-refractivity contribution in [1.82, 2.24) is 14.8 Å². The van der Waals surface area contributed by atoms with Gasteiger partial charge >= 0.3 is 11.9 Å². The molecule has 0 saturated carbocycles. The number of methoxy groups -OCH3 is 1. The lowest BCUT2D eigenvalue weighted by Gasteiger charge is -2.07. The largest absolute Gasteiger partial charge is 0.469 e. The number of carbonyl (C=O) groups is 3. The highest BCUT2D eigenvalue weighted by Crippen LogP contribution is 2.24. The fourth-order valence-electron chi connectivity index (χ4n) is 3.38. The summed E-state index contributed by atoms with van der Waals surface area (Å²) in [6.45, 7) is 7.54. The Morgan fingerprint density at radius 1 is 1.09 bits per heavy atom. The molecule has 1 amide bonds. The zero-order valence-electron chi connectivity index (χ0n) is 19.2. The van der Waals surface area contributed by atoms with Gasteiger partial charge in [-0.2, -0.15) is 5.10 Å². The van der Waals surface area contributed by atoms with Gasteiger partial charge in [-0.25, -0.2) is 14.5 Å². The maximum Gasteiger partial charge on any atom is 0.350 e. The predicted octanol–water partition coefficient (Wildman–Crippen LogP) is 3.79. The van der Waals surface area contributed by atoms with E-state index in [2.05, 4.69) is 15.4 Å². The van der Waals surface area contributed by atoms with Gasteiger partial charge in [0.1, 0.15) is 4.88 Å². The summed E-state index contributed by atoms with van der Waals surface area (Å²) < 4.78 is 11.5. The third-order valence-corrected chi connectivity index (χ3v) is 6.15. The third-order valence-electron chi connectivity index (χ3n) is 5.10. The maximum absolute atomic E-state index is 12.7. The number of nitrogens with one attached hydrogen (secondary N) is 1. The minimum absolute atomic E-state index is 0.262. The molecule has 0 radical (unpaired) electrons. The molecule has 3 aromatic rings. The average molecular weight is 471 g/mol. The molecule has 9 nitrogen and oxygen atoms in total. The molecule has 33 heavy (non-hydrogen) atoms. The van der Waals surface area contributed by atoms with Crippen LogP contribution in [-0.2, 0) is 20.7 Å². The van der Waals surface area contributed by atoms with E-state index in [1.807, 2.05) is 13.8 Å². The fourth-order valence-corrected chi connectivity index (χ4v) is 4.23. The van der Waals surface area contributed by atoms with Crippen molar-refractivity contribution in [2.45, 2.75) is 40.5 Å². The summed E-state index contributed by atoms with van der Waals surface area (Å²) in [6, 6.07) is 7.00. The van der Waals surface area contributed by atoms with Crippen LogP contribution in [0.2, 0.25) is 0 Å². The van der Waals surface area contributed by atoms with Crippen LogP contribution in [0.15, 0.2) is 24.3 Å². The summed E-state index contributed by atoms with van der Waals surface area (Å²) in [5.74, 6) is -1.05. The van der Waals surface area contributed by atoms with E-state index in [1.165, 1.54) is 7.11 Å². The molecule has 0 fully saturated rings. The van der Waals surface area contributed by atoms with Crippen LogP contribution in [0.3, 0.4) is 0 Å². The lowest BCUT2D eigenvalue weighted by molar-refractivity contribution is -0.140. The summed E-state index contributed by atoms with van der Waals surface area (Å²) in [5, 5.41) is 7.64. The zero-order valence-corrected chi connectivity index (χ0v) is 20.0. The number of aryl methyl sites for hydroxylation is 2. The number of esters is 2. The van der Waals surface area contributed by atoms with Crippen LogP contribution in [-0.4, -0.2) is 46.3 Å². The number of nitrogens with zero attached hydrogens (tertiary/aromatic N) is 3. The van der Waals surface area contributed by atoms with Crippen LogP contribution in [0.4, 0.5) is 5.13 Å². The van der Waals surface area contributed by atoms with E-state index >= 15 is 0 Å². The van der Waals surface area contributed by atoms with Crippen LogP contribution in [0.25, 0.3) is 5.69 Å². The highest BCUT2D eigenvalue weighted by molar-refractivity contribution is 7.17. The van der Waals surface area contributed by atoms with E-state index in [4.69, 9.17) is 9.47 Å². The summed E-state index contributed by atoms with van der Waals surface area (Å²) in [6.07, 6.45) is 0.836. The van der Waals surface area contributed by atoms with Gasteiger partial charge in [0.15, 0.2) is 5.13 Å². The van der Waals surface area contributed by atoms with Crippen molar-refractivity contribution in [2.75, 3.05) is 19.0 Å². The number of hydrogen-bond acceptors (Lipinski definition) is 8. The van der Waals surface area contributed by atoms with E-state index in [-0.39, 0.29) is 24.9 Å². The number of anilines is 1. The Morgan fingerprint density at radius 2 is 1.79 bits per heavy atom. The highest BCUT2D eigenvalue weighted by atomic mass is 32.1. The molecule has 1 N–H and O–H groups in total. The molecule has 0 unspecified atom stereocenters. The van der Waals surface area contributed by atoms with Crippen molar-refractivity contribution in [1.29, 1.82) is 0 Å². The maximum atomic E-state index is 12.7. The number of amides is 1. The molecular weight excluding hydrogens is 444 g/mol. The first kappa shape index (κ1) is 24.1. The first-order chi connectivity index (χ1) is 15.7. The van der Waals surface area contributed by atoms with Crippen molar-refractivity contribution in [2.24, 2.45) is 0 Å². The quantitative estimate of drug-likeness (QED) is 0.499. The van der Waals surface area contributed by atoms with Crippen LogP contribution < -0.4 is 5.32 Å². The lowest BCUT2D eigenvalue weighted by Crippen LogP contribution is -2.12. The van der Waals surface area contributed by atoms with Crippen molar-refractivity contribution in [3.05, 3.63) is 57.4 Å². The normalized spacial score (nSPS) is 10.7. The Bertz CT molecular complexity index is 1180. The molecule has 0 atom stereocenters. The van der Waals surface area contributed by atoms with Crippen LogP contribution in [0.1, 0.15) is 56.0 Å². The summed E-state index contributed by atoms with van der Waals surface area (Å²) in [4.78, 5) is 40.7. The average Bonchev–Trinajstić information content (AvgIpc) is 3.30. The molecule has 0 saturated heterocycles. The summed E-state index contributed by atoms with van der Waals surface area (Å²) >= 11 is 1.08. The Labute approximate surface area is 195 Å². The molecular formula is C23H26N4O5S. The van der Waals surface area contributed by atoms with Gasteiger partial charge in [0.05, 0.1) is 30.8 Å². The Morgan fingerprint density at radius 3 is 2.42 bits per heavy atom. The molecule has 0 aliphatic carbocycles. The van der Waals surface area contributed by atoms with E-state index in [1.54, 1.807) is 42.8 Å². The zero-order chi connectivity index (χ0) is 24.1. The Hall–Kier alpha value is -3.53. The number of benzene rings is 1. The van der Waals surface area contributed by atoms with E-state index in [0.29, 0.717) is 27.7 Å². The van der Waals surface area contributed by atoms with Gasteiger partial charge in [0.25, 0.3) is 5.91 Å². The SMILES string of the molecule is CCOC(=O)c1sc(NC(=O)c2ccc(-n3nc(C)c(CCC(=O)OC)c3C)cc2)nc1C. The number of ether oxygens (including phenoxy) is 2. The second-order valence-corrected chi connectivity index (χ2v) is 8.29. The van der Waals surface area contributed by atoms with Crippen molar-refractivity contribution in [3.8, 4) is 5.69 Å². The molecule has 0 aliphatic heterocycles. The lowest BCUT2D eigenvalue weighted by atomic mass is 10.1. The van der Waals surface area contributed by atoms with Gasteiger partial charge in [-0.05, 0) is 63.9 Å². The standard InChI is InChI=1S/C23H26N4O5S/c1-6-32-22(30)20-14(3)24-23(33-20)25-21(29)16-7-9-17(10-8-16)27-15(4)18(13(2)26-27)11-12-19(28)31-5/h7-10H,6,11-12H2,1-5H3,(H,24,25,29). The van der Waals surface area contributed by atoms with Crippen molar-refractivity contribution in [3.63, 3.8) is 0 Å². The molecule has 0 bridgehead atoms. The molecule has 1 aromatic carbocycles. The minimum Gasteiger partial charge on any atom is -0.469 e. The van der Waals surface area contributed by atoms with Crippen LogP contribution in [0.5, 0.6) is 0 Å². The first-order valence-corrected chi connectivity index (χ1v) is 11.2. The molecule has 2 heterocycles. The highest BCUT2D eigenvalue weighted by Gasteiger charge is 2.19. The van der Waals surface area contributed by atoms with E-state index in [9.17, 15) is 14.4 Å². The van der Waals surface area contributed by atoms with Crippen molar-refractivity contribution >= 4 is 34.3 Å². The van der Waals surface area contributed by atoms with Gasteiger partial charge < -0.3 is 9.47 Å². The monoisotopic (exact) mass is 470 g/mol. The van der Waals surface area contributed by atoms with Gasteiger partial charge in [-0.15, -0.1) is 0 Å². The third kappa shape index (κ3) is 5.46. The van der Waals surface area contributed by atoms with Crippen molar-refractivity contribution < 1.29 is 23.9 Å². The molecule has 174 valence electrons. The Kier molecular flexibility index (Phi) is 7.59. The second-order valence-electron chi connectivity index (χ2n) is 7.29. The molecule has 3 rings (SSSR count). The number of rotatable bonds is 8. The molecule has 0 spiro atoms. The fraction of sp³-hybridized carbons (Fsp3) is 0.348. The number of hydrogen-bond donors (Lipinski definition) is 1. The first-order valence-electron chi connectivity index (χ1n) is 10.4. The second kappa shape index (κ2) is 10.4.